The molecule has 3 nitrogen and oxygen atoms in total. The summed E-state index contributed by atoms with van der Waals surface area (Å²) in [4.78, 5) is 7.22. The Morgan fingerprint density at radius 2 is 2.26 bits per heavy atom. The summed E-state index contributed by atoms with van der Waals surface area (Å²) in [6.07, 6.45) is 2.64. The fourth-order valence-corrected chi connectivity index (χ4v) is 2.63. The Morgan fingerprint density at radius 3 is 3.00 bits per heavy atom. The van der Waals surface area contributed by atoms with E-state index in [9.17, 15) is 0 Å². The largest absolute Gasteiger partial charge is 0.356 e. The van der Waals surface area contributed by atoms with Crippen molar-refractivity contribution in [2.45, 2.75) is 40.2 Å². The number of hydrogen-bond donors (Lipinski definition) is 1. The van der Waals surface area contributed by atoms with Crippen LogP contribution in [-0.4, -0.2) is 24.6 Å². The van der Waals surface area contributed by atoms with Crippen LogP contribution in [0.2, 0.25) is 0 Å². The van der Waals surface area contributed by atoms with E-state index in [1.165, 1.54) is 12.8 Å². The Kier molecular flexibility index (Phi) is 5.20. The van der Waals surface area contributed by atoms with Crippen molar-refractivity contribution in [3.63, 3.8) is 0 Å². The molecule has 0 aliphatic carbocycles. The van der Waals surface area contributed by atoms with Crippen LogP contribution < -0.4 is 10.2 Å². The van der Waals surface area contributed by atoms with Gasteiger partial charge in [-0.15, -0.1) is 0 Å². The topological polar surface area (TPSA) is 28.2 Å². The van der Waals surface area contributed by atoms with E-state index in [1.54, 1.807) is 0 Å². The Bertz CT molecular complexity index is 389. The summed E-state index contributed by atoms with van der Waals surface area (Å²) in [6, 6.07) is 6.39. The van der Waals surface area contributed by atoms with E-state index in [0.717, 1.165) is 43.6 Å². The molecule has 1 aromatic heterocycles. The van der Waals surface area contributed by atoms with Crippen LogP contribution in [0.15, 0.2) is 18.2 Å². The summed E-state index contributed by atoms with van der Waals surface area (Å²) < 4.78 is 0. The van der Waals surface area contributed by atoms with Crippen LogP contribution in [0.1, 0.15) is 39.3 Å². The first-order valence-corrected chi connectivity index (χ1v) is 7.56. The molecule has 2 heterocycles. The molecule has 1 fully saturated rings. The van der Waals surface area contributed by atoms with Crippen molar-refractivity contribution in [2.75, 3.05) is 24.5 Å². The van der Waals surface area contributed by atoms with E-state index in [1.807, 2.05) is 0 Å². The number of hydrogen-bond acceptors (Lipinski definition) is 3. The summed E-state index contributed by atoms with van der Waals surface area (Å²) in [5.74, 6) is 2.62. The summed E-state index contributed by atoms with van der Waals surface area (Å²) in [5, 5.41) is 3.46. The van der Waals surface area contributed by atoms with Gasteiger partial charge in [-0.25, -0.2) is 4.98 Å². The summed E-state index contributed by atoms with van der Waals surface area (Å²) in [7, 11) is 0. The number of nitrogens with one attached hydrogen (secondary N) is 1. The molecule has 3 heteroatoms. The zero-order valence-electron chi connectivity index (χ0n) is 12.5. The molecule has 0 bridgehead atoms. The molecule has 1 aliphatic heterocycles. The fraction of sp³-hybridized carbons (Fsp3) is 0.688. The maximum atomic E-state index is 4.79. The maximum absolute atomic E-state index is 4.79. The third kappa shape index (κ3) is 4.50. The van der Waals surface area contributed by atoms with Crippen LogP contribution in [0.4, 0.5) is 5.82 Å². The highest BCUT2D eigenvalue weighted by Crippen LogP contribution is 2.21. The molecular weight excluding hydrogens is 234 g/mol. The van der Waals surface area contributed by atoms with Crippen LogP contribution in [0, 0.1) is 11.8 Å². The van der Waals surface area contributed by atoms with Crippen LogP contribution >= 0.6 is 0 Å². The SMILES string of the molecule is CC(C)CNCc1cccc(N2CCCC(C)C2)n1. The Hall–Kier alpha value is -1.09. The van der Waals surface area contributed by atoms with E-state index in [2.05, 4.69) is 49.2 Å². The number of aromatic nitrogens is 1. The van der Waals surface area contributed by atoms with Crippen molar-refractivity contribution in [3.05, 3.63) is 23.9 Å². The number of anilines is 1. The lowest BCUT2D eigenvalue weighted by molar-refractivity contribution is 0.444. The molecule has 1 N–H and O–H groups in total. The monoisotopic (exact) mass is 261 g/mol. The fourth-order valence-electron chi connectivity index (χ4n) is 2.63. The molecule has 0 amide bonds. The molecule has 1 unspecified atom stereocenters. The summed E-state index contributed by atoms with van der Waals surface area (Å²) >= 11 is 0. The number of rotatable bonds is 5. The first-order chi connectivity index (χ1) is 9.15. The van der Waals surface area contributed by atoms with Gasteiger partial charge in [-0.1, -0.05) is 26.8 Å². The van der Waals surface area contributed by atoms with Gasteiger partial charge in [-0.2, -0.15) is 0 Å². The maximum Gasteiger partial charge on any atom is 0.128 e. The zero-order chi connectivity index (χ0) is 13.7. The lowest BCUT2D eigenvalue weighted by Crippen LogP contribution is -2.35. The van der Waals surface area contributed by atoms with Crippen molar-refractivity contribution < 1.29 is 0 Å². The number of nitrogens with zero attached hydrogens (tertiary/aromatic N) is 2. The van der Waals surface area contributed by atoms with Crippen molar-refractivity contribution in [3.8, 4) is 0 Å². The van der Waals surface area contributed by atoms with Gasteiger partial charge in [-0.05, 0) is 43.4 Å². The minimum Gasteiger partial charge on any atom is -0.356 e. The van der Waals surface area contributed by atoms with Crippen LogP contribution in [0.25, 0.3) is 0 Å². The second-order valence-electron chi connectivity index (χ2n) is 6.21. The minimum atomic E-state index is 0.686. The molecule has 1 aliphatic rings. The minimum absolute atomic E-state index is 0.686. The summed E-state index contributed by atoms with van der Waals surface area (Å²) in [6.45, 7) is 11.0. The van der Waals surface area contributed by atoms with Gasteiger partial charge < -0.3 is 10.2 Å². The van der Waals surface area contributed by atoms with E-state index in [0.29, 0.717) is 5.92 Å². The van der Waals surface area contributed by atoms with Crippen LogP contribution in [-0.2, 0) is 6.54 Å². The zero-order valence-corrected chi connectivity index (χ0v) is 12.5. The van der Waals surface area contributed by atoms with Crippen LogP contribution in [0.5, 0.6) is 0 Å². The second kappa shape index (κ2) is 6.90. The van der Waals surface area contributed by atoms with Gasteiger partial charge in [0.1, 0.15) is 5.82 Å². The van der Waals surface area contributed by atoms with Crippen LogP contribution in [0.3, 0.4) is 0 Å². The van der Waals surface area contributed by atoms with Crippen molar-refractivity contribution in [1.82, 2.24) is 10.3 Å². The van der Waals surface area contributed by atoms with Gasteiger partial charge in [-0.3, -0.25) is 0 Å². The molecule has 19 heavy (non-hydrogen) atoms. The lowest BCUT2D eigenvalue weighted by Gasteiger charge is -2.32. The van der Waals surface area contributed by atoms with Crippen molar-refractivity contribution in [1.29, 1.82) is 0 Å². The third-order valence-corrected chi connectivity index (χ3v) is 3.63. The van der Waals surface area contributed by atoms with E-state index >= 15 is 0 Å². The second-order valence-corrected chi connectivity index (χ2v) is 6.21. The standard InChI is InChI=1S/C16H27N3/c1-13(2)10-17-11-15-7-4-8-16(18-15)19-9-5-6-14(3)12-19/h4,7-8,13-14,17H,5-6,9-12H2,1-3H3. The van der Waals surface area contributed by atoms with Crippen molar-refractivity contribution in [2.24, 2.45) is 11.8 Å². The first-order valence-electron chi connectivity index (χ1n) is 7.56. The molecule has 2 rings (SSSR count). The Labute approximate surface area is 117 Å². The molecule has 0 saturated carbocycles. The van der Waals surface area contributed by atoms with Gasteiger partial charge in [0, 0.05) is 19.6 Å². The van der Waals surface area contributed by atoms with E-state index in [-0.39, 0.29) is 0 Å². The first kappa shape index (κ1) is 14.3. The molecule has 1 aromatic rings. The summed E-state index contributed by atoms with van der Waals surface area (Å²) in [5.41, 5.74) is 1.15. The highest BCUT2D eigenvalue weighted by molar-refractivity contribution is 5.39. The molecule has 1 saturated heterocycles. The highest BCUT2D eigenvalue weighted by atomic mass is 15.2. The molecule has 0 radical (unpaired) electrons. The average molecular weight is 261 g/mol. The van der Waals surface area contributed by atoms with Crippen molar-refractivity contribution >= 4 is 5.82 Å². The van der Waals surface area contributed by atoms with Gasteiger partial charge in [0.05, 0.1) is 5.69 Å². The molecule has 106 valence electrons. The molecule has 0 spiro atoms. The van der Waals surface area contributed by atoms with Gasteiger partial charge >= 0.3 is 0 Å². The lowest BCUT2D eigenvalue weighted by atomic mass is 10.0. The quantitative estimate of drug-likeness (QED) is 0.883. The highest BCUT2D eigenvalue weighted by Gasteiger charge is 2.17. The molecular formula is C16H27N3. The average Bonchev–Trinajstić information content (AvgIpc) is 2.39. The van der Waals surface area contributed by atoms with Gasteiger partial charge in [0.15, 0.2) is 0 Å². The molecule has 0 aromatic carbocycles. The van der Waals surface area contributed by atoms with E-state index in [4.69, 9.17) is 4.98 Å². The van der Waals surface area contributed by atoms with Gasteiger partial charge in [0.2, 0.25) is 0 Å². The number of pyridine rings is 1. The predicted molar refractivity (Wildman–Crippen MR) is 81.4 cm³/mol. The number of piperidine rings is 1. The normalized spacial score (nSPS) is 20.0. The van der Waals surface area contributed by atoms with E-state index < -0.39 is 0 Å². The van der Waals surface area contributed by atoms with Gasteiger partial charge in [0.25, 0.3) is 0 Å². The Balaban J connectivity index is 1.94. The smallest absolute Gasteiger partial charge is 0.128 e. The third-order valence-electron chi connectivity index (χ3n) is 3.63. The predicted octanol–water partition coefficient (Wildman–Crippen LogP) is 3.06. The Morgan fingerprint density at radius 1 is 1.42 bits per heavy atom. The molecule has 1 atom stereocenters.